The summed E-state index contributed by atoms with van der Waals surface area (Å²) in [5.41, 5.74) is 0. The van der Waals surface area contributed by atoms with Crippen LogP contribution < -0.4 is 0 Å². The molecule has 18 heavy (non-hydrogen) atoms. The fraction of sp³-hybridized carbons (Fsp3) is 1.00. The molecule has 0 N–H and O–H groups in total. The molecule has 2 unspecified atom stereocenters. The molecule has 0 aromatic rings. The zero-order valence-electron chi connectivity index (χ0n) is 12.3. The van der Waals surface area contributed by atoms with Crippen LogP contribution in [0.15, 0.2) is 0 Å². The summed E-state index contributed by atoms with van der Waals surface area (Å²) in [6.07, 6.45) is 2.11. The Hall–Kier alpha value is 0.0869. The van der Waals surface area contributed by atoms with Gasteiger partial charge in [-0.2, -0.15) is 8.42 Å². The Labute approximate surface area is 112 Å². The van der Waals surface area contributed by atoms with E-state index in [-0.39, 0.29) is 5.04 Å². The Bertz CT molecular complexity index is 383. The molecule has 0 saturated heterocycles. The SMILES string of the molecule is CC(C)(C)[Si](C)(C)OCC1CC1COS(C)(=O)=O. The van der Waals surface area contributed by atoms with Crippen molar-refractivity contribution in [2.45, 2.75) is 45.3 Å². The van der Waals surface area contributed by atoms with Crippen molar-refractivity contribution in [1.82, 2.24) is 0 Å². The lowest BCUT2D eigenvalue weighted by atomic mass is 10.2. The minimum atomic E-state index is -3.30. The summed E-state index contributed by atoms with van der Waals surface area (Å²) in [6, 6.07) is 0. The standard InChI is InChI=1S/C12H26O4SSi/c1-12(2,3)18(5,6)16-9-11-7-10(11)8-15-17(4,13)14/h10-11H,7-9H2,1-6H3. The first kappa shape index (κ1) is 16.1. The molecule has 0 aromatic carbocycles. The molecule has 0 spiro atoms. The van der Waals surface area contributed by atoms with Gasteiger partial charge in [0.1, 0.15) is 0 Å². The number of hydrogen-bond acceptors (Lipinski definition) is 4. The molecule has 1 aliphatic carbocycles. The van der Waals surface area contributed by atoms with Crippen molar-refractivity contribution in [2.75, 3.05) is 19.5 Å². The lowest BCUT2D eigenvalue weighted by Gasteiger charge is -2.36. The summed E-state index contributed by atoms with van der Waals surface area (Å²) in [5, 5.41) is 0.223. The first-order valence-electron chi connectivity index (χ1n) is 6.41. The highest BCUT2D eigenvalue weighted by atomic mass is 32.2. The molecule has 0 bridgehead atoms. The second-order valence-corrected chi connectivity index (χ2v) is 13.3. The van der Waals surface area contributed by atoms with Crippen LogP contribution in [0.3, 0.4) is 0 Å². The number of hydrogen-bond donors (Lipinski definition) is 0. The molecule has 2 atom stereocenters. The highest BCUT2D eigenvalue weighted by molar-refractivity contribution is 7.85. The van der Waals surface area contributed by atoms with Crippen LogP contribution >= 0.6 is 0 Å². The summed E-state index contributed by atoms with van der Waals surface area (Å²) >= 11 is 0. The Morgan fingerprint density at radius 1 is 1.17 bits per heavy atom. The summed E-state index contributed by atoms with van der Waals surface area (Å²) in [6.45, 7) is 12.2. The molecule has 0 heterocycles. The topological polar surface area (TPSA) is 52.6 Å². The van der Waals surface area contributed by atoms with Crippen molar-refractivity contribution in [3.05, 3.63) is 0 Å². The molecule has 0 aromatic heterocycles. The van der Waals surface area contributed by atoms with E-state index in [1.807, 2.05) is 0 Å². The third kappa shape index (κ3) is 4.99. The predicted molar refractivity (Wildman–Crippen MR) is 75.5 cm³/mol. The van der Waals surface area contributed by atoms with E-state index < -0.39 is 18.4 Å². The molecule has 1 rings (SSSR count). The van der Waals surface area contributed by atoms with Crippen LogP contribution in [0.5, 0.6) is 0 Å². The van der Waals surface area contributed by atoms with Crippen LogP contribution in [0.1, 0.15) is 27.2 Å². The first-order valence-corrected chi connectivity index (χ1v) is 11.1. The van der Waals surface area contributed by atoms with E-state index in [2.05, 4.69) is 33.9 Å². The zero-order chi connectivity index (χ0) is 14.2. The second kappa shape index (κ2) is 5.23. The van der Waals surface area contributed by atoms with Crippen LogP contribution in [0, 0.1) is 11.8 Å². The average molecular weight is 294 g/mol. The highest BCUT2D eigenvalue weighted by Gasteiger charge is 2.42. The summed E-state index contributed by atoms with van der Waals surface area (Å²) in [4.78, 5) is 0. The third-order valence-electron chi connectivity index (χ3n) is 4.03. The molecular formula is C12H26O4SSi. The summed E-state index contributed by atoms with van der Waals surface area (Å²) in [5.74, 6) is 0.824. The fourth-order valence-electron chi connectivity index (χ4n) is 1.46. The minimum absolute atomic E-state index is 0.223. The smallest absolute Gasteiger partial charge is 0.264 e. The molecule has 0 amide bonds. The van der Waals surface area contributed by atoms with Gasteiger partial charge in [-0.25, -0.2) is 0 Å². The van der Waals surface area contributed by atoms with Gasteiger partial charge >= 0.3 is 0 Å². The normalized spacial score (nSPS) is 25.2. The van der Waals surface area contributed by atoms with Crippen molar-refractivity contribution >= 4 is 18.4 Å². The van der Waals surface area contributed by atoms with Gasteiger partial charge in [-0.3, -0.25) is 4.18 Å². The molecule has 6 heteroatoms. The van der Waals surface area contributed by atoms with E-state index in [4.69, 9.17) is 8.61 Å². The van der Waals surface area contributed by atoms with Crippen molar-refractivity contribution in [3.63, 3.8) is 0 Å². The molecule has 1 saturated carbocycles. The van der Waals surface area contributed by atoms with Gasteiger partial charge in [0.05, 0.1) is 12.9 Å². The average Bonchev–Trinajstić information content (AvgIpc) is 2.87. The van der Waals surface area contributed by atoms with Crippen LogP contribution in [0.2, 0.25) is 18.1 Å². The summed E-state index contributed by atoms with van der Waals surface area (Å²) < 4.78 is 32.7. The Balaban J connectivity index is 2.28. The first-order chi connectivity index (χ1) is 7.92. The van der Waals surface area contributed by atoms with Crippen molar-refractivity contribution < 1.29 is 17.0 Å². The van der Waals surface area contributed by atoms with E-state index in [1.54, 1.807) is 0 Å². The molecular weight excluding hydrogens is 268 g/mol. The van der Waals surface area contributed by atoms with E-state index >= 15 is 0 Å². The van der Waals surface area contributed by atoms with Crippen LogP contribution in [0.25, 0.3) is 0 Å². The van der Waals surface area contributed by atoms with Gasteiger partial charge in [-0.15, -0.1) is 0 Å². The maximum Gasteiger partial charge on any atom is 0.264 e. The summed E-state index contributed by atoms with van der Waals surface area (Å²) in [7, 11) is -4.98. The van der Waals surface area contributed by atoms with E-state index in [9.17, 15) is 8.42 Å². The van der Waals surface area contributed by atoms with E-state index in [0.717, 1.165) is 19.3 Å². The van der Waals surface area contributed by atoms with Crippen molar-refractivity contribution in [3.8, 4) is 0 Å². The molecule has 4 nitrogen and oxygen atoms in total. The molecule has 1 aliphatic rings. The zero-order valence-corrected chi connectivity index (χ0v) is 14.1. The van der Waals surface area contributed by atoms with Crippen LogP contribution in [-0.4, -0.2) is 36.2 Å². The van der Waals surface area contributed by atoms with E-state index in [1.165, 1.54) is 0 Å². The fourth-order valence-corrected chi connectivity index (χ4v) is 2.95. The molecule has 0 radical (unpaired) electrons. The van der Waals surface area contributed by atoms with Gasteiger partial charge in [-0.1, -0.05) is 20.8 Å². The van der Waals surface area contributed by atoms with Gasteiger partial charge in [0, 0.05) is 6.61 Å². The largest absolute Gasteiger partial charge is 0.417 e. The minimum Gasteiger partial charge on any atom is -0.417 e. The van der Waals surface area contributed by atoms with Crippen LogP contribution in [0.4, 0.5) is 0 Å². The predicted octanol–water partition coefficient (Wildman–Crippen LogP) is 2.62. The van der Waals surface area contributed by atoms with Crippen LogP contribution in [-0.2, 0) is 18.7 Å². The lowest BCUT2D eigenvalue weighted by molar-refractivity contribution is 0.245. The Kier molecular flexibility index (Phi) is 4.69. The maximum absolute atomic E-state index is 10.9. The van der Waals surface area contributed by atoms with Gasteiger partial charge in [0.25, 0.3) is 10.1 Å². The Morgan fingerprint density at radius 3 is 2.11 bits per heavy atom. The Morgan fingerprint density at radius 2 is 1.67 bits per heavy atom. The lowest BCUT2D eigenvalue weighted by Crippen LogP contribution is -2.41. The molecule has 0 aliphatic heterocycles. The number of rotatable bonds is 6. The maximum atomic E-state index is 10.9. The van der Waals surface area contributed by atoms with Crippen molar-refractivity contribution in [2.24, 2.45) is 11.8 Å². The molecule has 108 valence electrons. The van der Waals surface area contributed by atoms with Gasteiger partial charge in [-0.05, 0) is 36.4 Å². The van der Waals surface area contributed by atoms with E-state index in [0.29, 0.717) is 18.4 Å². The van der Waals surface area contributed by atoms with Gasteiger partial charge in [0.15, 0.2) is 8.32 Å². The highest BCUT2D eigenvalue weighted by Crippen LogP contribution is 2.42. The van der Waals surface area contributed by atoms with Gasteiger partial charge in [0.2, 0.25) is 0 Å². The second-order valence-electron chi connectivity index (χ2n) is 6.82. The third-order valence-corrected chi connectivity index (χ3v) is 9.09. The van der Waals surface area contributed by atoms with Gasteiger partial charge < -0.3 is 4.43 Å². The quantitative estimate of drug-likeness (QED) is 0.558. The monoisotopic (exact) mass is 294 g/mol. The molecule has 1 fully saturated rings. The van der Waals surface area contributed by atoms with Crippen molar-refractivity contribution in [1.29, 1.82) is 0 Å².